The van der Waals surface area contributed by atoms with Crippen molar-refractivity contribution in [1.29, 1.82) is 5.26 Å². The molecule has 0 saturated heterocycles. The second-order valence-corrected chi connectivity index (χ2v) is 4.01. The molecule has 0 aromatic heterocycles. The zero-order valence-corrected chi connectivity index (χ0v) is 11.0. The fourth-order valence-corrected chi connectivity index (χ4v) is 1.38. The molecule has 0 fully saturated rings. The maximum absolute atomic E-state index is 11.6. The summed E-state index contributed by atoms with van der Waals surface area (Å²) in [7, 11) is 0. The number of nitrogens with zero attached hydrogens (tertiary/aromatic N) is 2. The summed E-state index contributed by atoms with van der Waals surface area (Å²) >= 11 is 0. The number of non-ortho nitro benzene ring substituents is 1. The molecule has 1 rings (SSSR count). The molecule has 0 aliphatic rings. The Balaban J connectivity index is 2.81. The molecule has 0 unspecified atom stereocenters. The lowest BCUT2D eigenvalue weighted by molar-refractivity contribution is -0.384. The summed E-state index contributed by atoms with van der Waals surface area (Å²) in [6.07, 6.45) is 2.97. The van der Waals surface area contributed by atoms with Gasteiger partial charge in [0.1, 0.15) is 11.6 Å². The van der Waals surface area contributed by atoms with Crippen molar-refractivity contribution >= 4 is 17.7 Å². The number of benzene rings is 1. The predicted octanol–water partition coefficient (Wildman–Crippen LogP) is 2.85. The zero-order valence-electron chi connectivity index (χ0n) is 11.0. The van der Waals surface area contributed by atoms with Crippen LogP contribution < -0.4 is 0 Å². The standard InChI is InChI=1S/C14H14N2O4/c1-2-3-8-20-14(17)12(10-15)9-11-4-6-13(7-5-11)16(18)19/h4-7,9H,2-3,8H2,1H3/b12-9+. The molecule has 1 aromatic carbocycles. The number of hydrogen-bond donors (Lipinski definition) is 0. The smallest absolute Gasteiger partial charge is 0.348 e. The molecular formula is C14H14N2O4. The van der Waals surface area contributed by atoms with E-state index in [4.69, 9.17) is 10.00 Å². The van der Waals surface area contributed by atoms with Crippen LogP contribution in [-0.4, -0.2) is 17.5 Å². The van der Waals surface area contributed by atoms with Gasteiger partial charge in [-0.2, -0.15) is 5.26 Å². The van der Waals surface area contributed by atoms with Gasteiger partial charge in [-0.1, -0.05) is 13.3 Å². The largest absolute Gasteiger partial charge is 0.462 e. The Bertz CT molecular complexity index is 556. The van der Waals surface area contributed by atoms with Crippen LogP contribution in [0.5, 0.6) is 0 Å². The van der Waals surface area contributed by atoms with Crippen molar-refractivity contribution in [3.8, 4) is 6.07 Å². The van der Waals surface area contributed by atoms with Crippen LogP contribution in [0.2, 0.25) is 0 Å². The second-order valence-electron chi connectivity index (χ2n) is 4.01. The van der Waals surface area contributed by atoms with E-state index < -0.39 is 10.9 Å². The quantitative estimate of drug-likeness (QED) is 0.198. The Morgan fingerprint density at radius 3 is 2.60 bits per heavy atom. The molecule has 20 heavy (non-hydrogen) atoms. The van der Waals surface area contributed by atoms with Gasteiger partial charge in [-0.3, -0.25) is 10.1 Å². The molecule has 0 aliphatic carbocycles. The molecule has 0 amide bonds. The van der Waals surface area contributed by atoms with Crippen LogP contribution in [-0.2, 0) is 9.53 Å². The minimum Gasteiger partial charge on any atom is -0.462 e. The second kappa shape index (κ2) is 7.69. The van der Waals surface area contributed by atoms with E-state index in [9.17, 15) is 14.9 Å². The zero-order chi connectivity index (χ0) is 15.0. The van der Waals surface area contributed by atoms with Gasteiger partial charge in [-0.15, -0.1) is 0 Å². The molecule has 104 valence electrons. The average Bonchev–Trinajstić information content (AvgIpc) is 2.45. The van der Waals surface area contributed by atoms with Gasteiger partial charge in [-0.25, -0.2) is 4.79 Å². The number of carbonyl (C=O) groups excluding carboxylic acids is 1. The van der Waals surface area contributed by atoms with E-state index in [0.717, 1.165) is 12.8 Å². The van der Waals surface area contributed by atoms with E-state index in [1.165, 1.54) is 30.3 Å². The van der Waals surface area contributed by atoms with Crippen LogP contribution in [0.3, 0.4) is 0 Å². The molecule has 0 bridgehead atoms. The highest BCUT2D eigenvalue weighted by Crippen LogP contribution is 2.14. The number of hydrogen-bond acceptors (Lipinski definition) is 5. The predicted molar refractivity (Wildman–Crippen MR) is 72.6 cm³/mol. The summed E-state index contributed by atoms with van der Waals surface area (Å²) in [6, 6.07) is 7.32. The van der Waals surface area contributed by atoms with Crippen molar-refractivity contribution in [2.45, 2.75) is 19.8 Å². The molecule has 0 saturated carbocycles. The van der Waals surface area contributed by atoms with E-state index in [2.05, 4.69) is 0 Å². The number of unbranched alkanes of at least 4 members (excludes halogenated alkanes) is 1. The van der Waals surface area contributed by atoms with E-state index in [1.807, 2.05) is 6.92 Å². The van der Waals surface area contributed by atoms with E-state index in [0.29, 0.717) is 5.56 Å². The van der Waals surface area contributed by atoms with Crippen molar-refractivity contribution in [1.82, 2.24) is 0 Å². The fraction of sp³-hybridized carbons (Fsp3) is 0.286. The molecule has 0 radical (unpaired) electrons. The summed E-state index contributed by atoms with van der Waals surface area (Å²) in [6.45, 7) is 2.24. The van der Waals surface area contributed by atoms with Crippen molar-refractivity contribution in [2.75, 3.05) is 6.61 Å². The first-order valence-corrected chi connectivity index (χ1v) is 6.12. The third-order valence-electron chi connectivity index (χ3n) is 2.49. The topological polar surface area (TPSA) is 93.2 Å². The highest BCUT2D eigenvalue weighted by molar-refractivity contribution is 5.97. The van der Waals surface area contributed by atoms with Crippen molar-refractivity contribution in [2.24, 2.45) is 0 Å². The van der Waals surface area contributed by atoms with Gasteiger partial charge in [0.05, 0.1) is 11.5 Å². The van der Waals surface area contributed by atoms with E-state index in [-0.39, 0.29) is 17.9 Å². The Kier molecular flexibility index (Phi) is 5.91. The number of esters is 1. The van der Waals surface area contributed by atoms with Gasteiger partial charge in [0, 0.05) is 12.1 Å². The van der Waals surface area contributed by atoms with Crippen LogP contribution in [0.1, 0.15) is 25.3 Å². The molecule has 0 atom stereocenters. The van der Waals surface area contributed by atoms with Gasteiger partial charge in [0.25, 0.3) is 5.69 Å². The Morgan fingerprint density at radius 1 is 1.45 bits per heavy atom. The number of nitro benzene ring substituents is 1. The Hall–Kier alpha value is -2.68. The lowest BCUT2D eigenvalue weighted by Crippen LogP contribution is -2.07. The third kappa shape index (κ3) is 4.53. The molecule has 0 spiro atoms. The van der Waals surface area contributed by atoms with Gasteiger partial charge >= 0.3 is 5.97 Å². The molecule has 6 heteroatoms. The minimum atomic E-state index is -0.681. The lowest BCUT2D eigenvalue weighted by Gasteiger charge is -2.02. The maximum atomic E-state index is 11.6. The monoisotopic (exact) mass is 274 g/mol. The summed E-state index contributed by atoms with van der Waals surface area (Å²) in [5.41, 5.74) is 0.348. The first kappa shape index (κ1) is 15.4. The van der Waals surface area contributed by atoms with Gasteiger partial charge in [0.2, 0.25) is 0 Å². The highest BCUT2D eigenvalue weighted by atomic mass is 16.6. The van der Waals surface area contributed by atoms with E-state index in [1.54, 1.807) is 6.07 Å². The number of carbonyl (C=O) groups is 1. The molecule has 1 aromatic rings. The van der Waals surface area contributed by atoms with Crippen LogP contribution in [0, 0.1) is 21.4 Å². The van der Waals surface area contributed by atoms with E-state index >= 15 is 0 Å². The van der Waals surface area contributed by atoms with Gasteiger partial charge in [-0.05, 0) is 30.2 Å². The first-order valence-electron chi connectivity index (χ1n) is 6.12. The number of ether oxygens (including phenoxy) is 1. The minimum absolute atomic E-state index is 0.0498. The molecular weight excluding hydrogens is 260 g/mol. The summed E-state index contributed by atoms with van der Waals surface area (Å²) in [5, 5.41) is 19.4. The molecule has 0 aliphatic heterocycles. The number of nitriles is 1. The molecule has 6 nitrogen and oxygen atoms in total. The highest BCUT2D eigenvalue weighted by Gasteiger charge is 2.11. The third-order valence-corrected chi connectivity index (χ3v) is 2.49. The summed E-state index contributed by atoms with van der Waals surface area (Å²) in [5.74, 6) is -0.681. The van der Waals surface area contributed by atoms with Crippen LogP contribution >= 0.6 is 0 Å². The Labute approximate surface area is 116 Å². The van der Waals surface area contributed by atoms with Gasteiger partial charge in [0.15, 0.2) is 0 Å². The molecule has 0 heterocycles. The lowest BCUT2D eigenvalue weighted by atomic mass is 10.1. The fourth-order valence-electron chi connectivity index (χ4n) is 1.38. The number of nitro groups is 1. The number of rotatable bonds is 6. The van der Waals surface area contributed by atoms with Crippen molar-refractivity contribution in [3.05, 3.63) is 45.5 Å². The maximum Gasteiger partial charge on any atom is 0.348 e. The molecule has 0 N–H and O–H groups in total. The van der Waals surface area contributed by atoms with Crippen LogP contribution in [0.4, 0.5) is 5.69 Å². The average molecular weight is 274 g/mol. The summed E-state index contributed by atoms with van der Waals surface area (Å²) < 4.78 is 4.93. The first-order chi connectivity index (χ1) is 9.58. The van der Waals surface area contributed by atoms with Crippen LogP contribution in [0.15, 0.2) is 29.8 Å². The van der Waals surface area contributed by atoms with Gasteiger partial charge < -0.3 is 4.74 Å². The van der Waals surface area contributed by atoms with Crippen molar-refractivity contribution < 1.29 is 14.5 Å². The van der Waals surface area contributed by atoms with Crippen molar-refractivity contribution in [3.63, 3.8) is 0 Å². The summed E-state index contributed by atoms with van der Waals surface area (Å²) in [4.78, 5) is 21.6. The normalized spacial score (nSPS) is 10.7. The Morgan fingerprint density at radius 2 is 2.10 bits per heavy atom. The SMILES string of the molecule is CCCCOC(=O)/C(C#N)=C/c1ccc([N+](=O)[O-])cc1. The van der Waals surface area contributed by atoms with Crippen LogP contribution in [0.25, 0.3) is 6.08 Å².